The highest BCUT2D eigenvalue weighted by molar-refractivity contribution is 5.50. The van der Waals surface area contributed by atoms with Crippen molar-refractivity contribution in [3.8, 4) is 11.5 Å². The van der Waals surface area contributed by atoms with Gasteiger partial charge in [0.15, 0.2) is 11.5 Å². The van der Waals surface area contributed by atoms with Gasteiger partial charge in [0.05, 0.1) is 14.2 Å². The molecule has 2 atom stereocenters. The summed E-state index contributed by atoms with van der Waals surface area (Å²) >= 11 is 0. The Morgan fingerprint density at radius 1 is 1.10 bits per heavy atom. The second-order valence-corrected chi connectivity index (χ2v) is 8.69. The molecule has 0 amide bonds. The molecule has 0 fully saturated rings. The van der Waals surface area contributed by atoms with Gasteiger partial charge in [0, 0.05) is 25.2 Å². The number of rotatable bonds is 4. The van der Waals surface area contributed by atoms with Crippen LogP contribution in [0.2, 0.25) is 0 Å². The molecule has 1 aromatic carbocycles. The molecule has 4 aliphatic rings. The van der Waals surface area contributed by atoms with E-state index in [0.717, 1.165) is 37.4 Å². The maximum atomic E-state index is 5.58. The van der Waals surface area contributed by atoms with Crippen LogP contribution in [0.5, 0.6) is 11.5 Å². The fourth-order valence-electron chi connectivity index (χ4n) is 5.59. The Labute approximate surface area is 174 Å². The van der Waals surface area contributed by atoms with Crippen LogP contribution in [0.25, 0.3) is 0 Å². The maximum absolute atomic E-state index is 5.58. The first kappa shape index (κ1) is 19.0. The first-order chi connectivity index (χ1) is 14.3. The molecule has 1 aliphatic carbocycles. The van der Waals surface area contributed by atoms with Crippen LogP contribution in [0.3, 0.4) is 0 Å². The predicted molar refractivity (Wildman–Crippen MR) is 117 cm³/mol. The molecule has 0 unspecified atom stereocenters. The molecule has 0 aromatic heterocycles. The van der Waals surface area contributed by atoms with E-state index in [0.29, 0.717) is 12.1 Å². The number of hydrogen-bond acceptors (Lipinski definition) is 4. The number of allylic oxidation sites excluding steroid dienone is 1. The molecule has 0 bridgehead atoms. The Kier molecular flexibility index (Phi) is 5.23. The van der Waals surface area contributed by atoms with Gasteiger partial charge in [0.25, 0.3) is 0 Å². The molecule has 154 valence electrons. The number of ether oxygens (including phenoxy) is 2. The predicted octanol–water partition coefficient (Wildman–Crippen LogP) is 4.33. The minimum atomic E-state index is 0.357. The second-order valence-electron chi connectivity index (χ2n) is 8.69. The second kappa shape index (κ2) is 8.00. The zero-order chi connectivity index (χ0) is 19.8. The van der Waals surface area contributed by atoms with Gasteiger partial charge in [-0.2, -0.15) is 0 Å². The normalized spacial score (nSPS) is 26.3. The van der Waals surface area contributed by atoms with Crippen LogP contribution >= 0.6 is 0 Å². The highest BCUT2D eigenvalue weighted by Gasteiger charge is 2.32. The van der Waals surface area contributed by atoms with Gasteiger partial charge in [-0.05, 0) is 73.9 Å². The summed E-state index contributed by atoms with van der Waals surface area (Å²) in [5, 5.41) is 3.76. The Balaban J connectivity index is 1.37. The number of nitrogens with one attached hydrogen (secondary N) is 1. The molecular weight excluding hydrogens is 360 g/mol. The van der Waals surface area contributed by atoms with Crippen molar-refractivity contribution in [2.24, 2.45) is 0 Å². The van der Waals surface area contributed by atoms with E-state index in [4.69, 9.17) is 9.47 Å². The van der Waals surface area contributed by atoms with Crippen LogP contribution in [-0.2, 0) is 6.42 Å². The topological polar surface area (TPSA) is 33.7 Å². The van der Waals surface area contributed by atoms with Crippen LogP contribution in [0.15, 0.2) is 47.1 Å². The molecule has 1 N–H and O–H groups in total. The smallest absolute Gasteiger partial charge is 0.161 e. The van der Waals surface area contributed by atoms with E-state index in [1.807, 2.05) is 0 Å². The third-order valence-corrected chi connectivity index (χ3v) is 7.16. The van der Waals surface area contributed by atoms with Crippen LogP contribution in [0, 0.1) is 0 Å². The van der Waals surface area contributed by atoms with Crippen molar-refractivity contribution in [1.29, 1.82) is 0 Å². The molecule has 5 rings (SSSR count). The van der Waals surface area contributed by atoms with Crippen molar-refractivity contribution >= 4 is 0 Å². The summed E-state index contributed by atoms with van der Waals surface area (Å²) in [5.41, 5.74) is 7.70. The van der Waals surface area contributed by atoms with E-state index in [1.165, 1.54) is 43.4 Å². The Hall–Kier alpha value is -2.04. The summed E-state index contributed by atoms with van der Waals surface area (Å²) in [6, 6.07) is 5.30. The van der Waals surface area contributed by atoms with E-state index in [1.54, 1.807) is 30.9 Å². The summed E-state index contributed by atoms with van der Waals surface area (Å²) in [4.78, 5) is 2.67. The van der Waals surface area contributed by atoms with Crippen LogP contribution < -0.4 is 14.8 Å². The van der Waals surface area contributed by atoms with Gasteiger partial charge in [-0.3, -0.25) is 4.90 Å². The lowest BCUT2D eigenvalue weighted by Gasteiger charge is -2.42. The van der Waals surface area contributed by atoms with Crippen LogP contribution in [0.1, 0.15) is 49.3 Å². The van der Waals surface area contributed by atoms with Gasteiger partial charge in [0.1, 0.15) is 0 Å². The fraction of sp³-hybridized carbons (Fsp3) is 0.520. The minimum absolute atomic E-state index is 0.357. The number of methoxy groups -OCH3 is 2. The first-order valence-electron chi connectivity index (χ1n) is 11.1. The standard InChI is InChI=1S/C25H32N2O2/c1-28-24-15-19-7-10-26-22(21(19)16-25(24)29-2)13-17-8-11-27-12-9-18-5-3-4-6-20(18)23(27)14-17/h4,6,8,15-16,22-23,26H,3,5,7,9-14H2,1-2H3/t22-,23-/m0/s1. The first-order valence-corrected chi connectivity index (χ1v) is 11.1. The van der Waals surface area contributed by atoms with Crippen molar-refractivity contribution in [3.05, 3.63) is 58.2 Å². The van der Waals surface area contributed by atoms with Crippen molar-refractivity contribution in [2.45, 2.75) is 50.6 Å². The average molecular weight is 393 g/mol. The monoisotopic (exact) mass is 392 g/mol. The highest BCUT2D eigenvalue weighted by atomic mass is 16.5. The van der Waals surface area contributed by atoms with Crippen LogP contribution in [0.4, 0.5) is 0 Å². The molecular formula is C25H32N2O2. The molecule has 29 heavy (non-hydrogen) atoms. The SMILES string of the molecule is COc1cc2c(cc1OC)[C@H](CC1=CCN3CCC4=C(C=CCC4)[C@@H]3C1)NCC2. The zero-order valence-electron chi connectivity index (χ0n) is 17.7. The van der Waals surface area contributed by atoms with E-state index >= 15 is 0 Å². The lowest BCUT2D eigenvalue weighted by atomic mass is 9.80. The highest BCUT2D eigenvalue weighted by Crippen LogP contribution is 2.40. The average Bonchev–Trinajstić information content (AvgIpc) is 2.78. The van der Waals surface area contributed by atoms with Crippen molar-refractivity contribution in [3.63, 3.8) is 0 Å². The van der Waals surface area contributed by atoms with Crippen molar-refractivity contribution < 1.29 is 9.47 Å². The Bertz CT molecular complexity index is 883. The Morgan fingerprint density at radius 2 is 1.97 bits per heavy atom. The molecule has 0 spiro atoms. The van der Waals surface area contributed by atoms with Crippen molar-refractivity contribution in [1.82, 2.24) is 10.2 Å². The summed E-state index contributed by atoms with van der Waals surface area (Å²) < 4.78 is 11.1. The molecule has 0 radical (unpaired) electrons. The lowest BCUT2D eigenvalue weighted by Crippen LogP contribution is -2.44. The number of nitrogens with zero attached hydrogens (tertiary/aromatic N) is 1. The van der Waals surface area contributed by atoms with E-state index in [2.05, 4.69) is 40.6 Å². The van der Waals surface area contributed by atoms with E-state index < -0.39 is 0 Å². The third-order valence-electron chi connectivity index (χ3n) is 7.16. The molecule has 3 heterocycles. The number of fused-ring (bicyclic) bond motifs is 3. The zero-order valence-corrected chi connectivity index (χ0v) is 17.7. The molecule has 0 saturated carbocycles. The van der Waals surface area contributed by atoms with Gasteiger partial charge in [-0.1, -0.05) is 29.4 Å². The lowest BCUT2D eigenvalue weighted by molar-refractivity contribution is 0.216. The fourth-order valence-corrected chi connectivity index (χ4v) is 5.59. The quantitative estimate of drug-likeness (QED) is 0.774. The summed E-state index contributed by atoms with van der Waals surface area (Å²) in [5.74, 6) is 1.67. The van der Waals surface area contributed by atoms with Gasteiger partial charge < -0.3 is 14.8 Å². The molecule has 0 saturated heterocycles. The minimum Gasteiger partial charge on any atom is -0.493 e. The maximum Gasteiger partial charge on any atom is 0.161 e. The largest absolute Gasteiger partial charge is 0.493 e. The van der Waals surface area contributed by atoms with Crippen molar-refractivity contribution in [2.75, 3.05) is 33.9 Å². The molecule has 1 aromatic rings. The third kappa shape index (κ3) is 3.53. The summed E-state index contributed by atoms with van der Waals surface area (Å²) in [6.45, 7) is 3.34. The Morgan fingerprint density at radius 3 is 2.83 bits per heavy atom. The molecule has 4 heteroatoms. The van der Waals surface area contributed by atoms with E-state index in [9.17, 15) is 0 Å². The summed E-state index contributed by atoms with van der Waals surface area (Å²) in [7, 11) is 3.44. The van der Waals surface area contributed by atoms with Gasteiger partial charge in [-0.25, -0.2) is 0 Å². The molecule has 3 aliphatic heterocycles. The molecule has 4 nitrogen and oxygen atoms in total. The number of benzene rings is 1. The number of hydrogen-bond donors (Lipinski definition) is 1. The van der Waals surface area contributed by atoms with Gasteiger partial charge >= 0.3 is 0 Å². The van der Waals surface area contributed by atoms with E-state index in [-0.39, 0.29) is 0 Å². The van der Waals surface area contributed by atoms with Gasteiger partial charge in [0.2, 0.25) is 0 Å². The van der Waals surface area contributed by atoms with Crippen LogP contribution in [-0.4, -0.2) is 44.8 Å². The summed E-state index contributed by atoms with van der Waals surface area (Å²) in [6.07, 6.45) is 14.3. The van der Waals surface area contributed by atoms with Gasteiger partial charge in [-0.15, -0.1) is 0 Å².